The Morgan fingerprint density at radius 3 is 2.75 bits per heavy atom. The molecule has 1 aromatic rings. The van der Waals surface area contributed by atoms with E-state index in [1.54, 1.807) is 32.0 Å². The number of amides is 1. The van der Waals surface area contributed by atoms with Gasteiger partial charge in [-0.2, -0.15) is 0 Å². The minimum Gasteiger partial charge on any atom is -0.483 e. The SMILES string of the molecule is CCOC(=O)C(C)NC(=O)COc1ccc(Cl)cc1Br. The largest absolute Gasteiger partial charge is 0.483 e. The fourth-order valence-electron chi connectivity index (χ4n) is 1.34. The number of esters is 1. The number of rotatable bonds is 6. The quantitative estimate of drug-likeness (QED) is 0.788. The van der Waals surface area contributed by atoms with Crippen LogP contribution in [-0.4, -0.2) is 31.1 Å². The van der Waals surface area contributed by atoms with Crippen LogP contribution in [0.2, 0.25) is 5.02 Å². The third kappa shape index (κ3) is 5.38. The molecule has 0 heterocycles. The van der Waals surface area contributed by atoms with Gasteiger partial charge in [0.05, 0.1) is 11.1 Å². The van der Waals surface area contributed by atoms with Gasteiger partial charge in [-0.25, -0.2) is 4.79 Å². The van der Waals surface area contributed by atoms with Crippen molar-refractivity contribution in [3.8, 4) is 5.75 Å². The van der Waals surface area contributed by atoms with Crippen LogP contribution in [0.5, 0.6) is 5.75 Å². The first-order valence-electron chi connectivity index (χ1n) is 5.98. The maximum absolute atomic E-state index is 11.6. The van der Waals surface area contributed by atoms with E-state index in [-0.39, 0.29) is 13.2 Å². The molecule has 0 aliphatic rings. The van der Waals surface area contributed by atoms with Crippen molar-refractivity contribution in [1.29, 1.82) is 0 Å². The zero-order valence-corrected chi connectivity index (χ0v) is 13.5. The van der Waals surface area contributed by atoms with Gasteiger partial charge in [0.25, 0.3) is 5.91 Å². The highest BCUT2D eigenvalue weighted by Gasteiger charge is 2.16. The second-order valence-corrected chi connectivity index (χ2v) is 5.20. The highest BCUT2D eigenvalue weighted by Crippen LogP contribution is 2.27. The van der Waals surface area contributed by atoms with E-state index >= 15 is 0 Å². The molecule has 1 rings (SSSR count). The molecule has 0 saturated heterocycles. The van der Waals surface area contributed by atoms with E-state index in [1.165, 1.54) is 0 Å². The van der Waals surface area contributed by atoms with Gasteiger partial charge in [0.15, 0.2) is 6.61 Å². The molecule has 20 heavy (non-hydrogen) atoms. The Labute approximate surface area is 130 Å². The van der Waals surface area contributed by atoms with Crippen LogP contribution >= 0.6 is 27.5 Å². The maximum Gasteiger partial charge on any atom is 0.328 e. The van der Waals surface area contributed by atoms with Gasteiger partial charge in [0.1, 0.15) is 11.8 Å². The molecule has 5 nitrogen and oxygen atoms in total. The topological polar surface area (TPSA) is 64.6 Å². The molecule has 0 bridgehead atoms. The van der Waals surface area contributed by atoms with Crippen LogP contribution < -0.4 is 10.1 Å². The number of hydrogen-bond acceptors (Lipinski definition) is 4. The molecule has 1 atom stereocenters. The molecule has 110 valence electrons. The summed E-state index contributed by atoms with van der Waals surface area (Å²) >= 11 is 9.07. The van der Waals surface area contributed by atoms with Gasteiger partial charge in [0, 0.05) is 5.02 Å². The second kappa shape index (κ2) is 8.11. The summed E-state index contributed by atoms with van der Waals surface area (Å²) in [5, 5.41) is 3.05. The Balaban J connectivity index is 2.45. The highest BCUT2D eigenvalue weighted by atomic mass is 79.9. The first-order chi connectivity index (χ1) is 9.43. The third-order valence-electron chi connectivity index (χ3n) is 2.27. The van der Waals surface area contributed by atoms with Crippen LogP contribution in [0.4, 0.5) is 0 Å². The van der Waals surface area contributed by atoms with Crippen molar-refractivity contribution in [2.24, 2.45) is 0 Å². The Bertz CT molecular complexity index is 495. The normalized spacial score (nSPS) is 11.6. The van der Waals surface area contributed by atoms with Crippen molar-refractivity contribution in [3.63, 3.8) is 0 Å². The Hall–Kier alpha value is -1.27. The van der Waals surface area contributed by atoms with Crippen molar-refractivity contribution in [2.75, 3.05) is 13.2 Å². The molecule has 7 heteroatoms. The molecule has 1 aromatic carbocycles. The maximum atomic E-state index is 11.6. The van der Waals surface area contributed by atoms with Gasteiger partial charge in [-0.05, 0) is 48.0 Å². The van der Waals surface area contributed by atoms with Crippen molar-refractivity contribution >= 4 is 39.4 Å². The monoisotopic (exact) mass is 363 g/mol. The minimum atomic E-state index is -0.709. The molecule has 0 saturated carbocycles. The summed E-state index contributed by atoms with van der Waals surface area (Å²) in [7, 11) is 0. The molecule has 1 unspecified atom stereocenters. The molecule has 0 spiro atoms. The highest BCUT2D eigenvalue weighted by molar-refractivity contribution is 9.10. The van der Waals surface area contributed by atoms with E-state index in [4.69, 9.17) is 21.1 Å². The molecular formula is C13H15BrClNO4. The van der Waals surface area contributed by atoms with Crippen molar-refractivity contribution in [2.45, 2.75) is 19.9 Å². The molecule has 0 aliphatic heterocycles. The van der Waals surface area contributed by atoms with Gasteiger partial charge >= 0.3 is 5.97 Å². The number of nitrogens with one attached hydrogen (secondary N) is 1. The Kier molecular flexibility index (Phi) is 6.81. The van der Waals surface area contributed by atoms with Crippen LogP contribution in [0.15, 0.2) is 22.7 Å². The summed E-state index contributed by atoms with van der Waals surface area (Å²) in [6.07, 6.45) is 0. The first-order valence-corrected chi connectivity index (χ1v) is 7.15. The lowest BCUT2D eigenvalue weighted by atomic mass is 10.3. The van der Waals surface area contributed by atoms with Crippen LogP contribution in [0, 0.1) is 0 Å². The van der Waals surface area contributed by atoms with Crippen LogP contribution in [0.3, 0.4) is 0 Å². The van der Waals surface area contributed by atoms with E-state index in [0.717, 1.165) is 0 Å². The van der Waals surface area contributed by atoms with Crippen LogP contribution in [0.1, 0.15) is 13.8 Å². The lowest BCUT2D eigenvalue weighted by molar-refractivity contribution is -0.147. The summed E-state index contributed by atoms with van der Waals surface area (Å²) in [6, 6.07) is 4.25. The smallest absolute Gasteiger partial charge is 0.328 e. The average Bonchev–Trinajstić information content (AvgIpc) is 2.37. The lowest BCUT2D eigenvalue weighted by Crippen LogP contribution is -2.41. The summed E-state index contributed by atoms with van der Waals surface area (Å²) < 4.78 is 10.8. The van der Waals surface area contributed by atoms with E-state index in [0.29, 0.717) is 15.2 Å². The van der Waals surface area contributed by atoms with Crippen molar-refractivity contribution < 1.29 is 19.1 Å². The predicted molar refractivity (Wildman–Crippen MR) is 78.9 cm³/mol. The fraction of sp³-hybridized carbons (Fsp3) is 0.385. The van der Waals surface area contributed by atoms with E-state index < -0.39 is 17.9 Å². The molecule has 0 fully saturated rings. The lowest BCUT2D eigenvalue weighted by Gasteiger charge is -2.13. The van der Waals surface area contributed by atoms with Crippen LogP contribution in [-0.2, 0) is 14.3 Å². The standard InChI is InChI=1S/C13H15BrClNO4/c1-3-19-13(18)8(2)16-12(17)7-20-11-5-4-9(15)6-10(11)14/h4-6,8H,3,7H2,1-2H3,(H,16,17). The van der Waals surface area contributed by atoms with E-state index in [1.807, 2.05) is 0 Å². The molecule has 1 amide bonds. The number of carbonyl (C=O) groups excluding carboxylic acids is 2. The number of carbonyl (C=O) groups is 2. The van der Waals surface area contributed by atoms with Crippen LogP contribution in [0.25, 0.3) is 0 Å². The van der Waals surface area contributed by atoms with Gasteiger partial charge < -0.3 is 14.8 Å². The van der Waals surface area contributed by atoms with Crippen molar-refractivity contribution in [1.82, 2.24) is 5.32 Å². The second-order valence-electron chi connectivity index (χ2n) is 3.90. The predicted octanol–water partition coefficient (Wildman–Crippen LogP) is 2.55. The summed E-state index contributed by atoms with van der Waals surface area (Å²) in [5.41, 5.74) is 0. The number of halogens is 2. The van der Waals surface area contributed by atoms with Gasteiger partial charge in [-0.1, -0.05) is 11.6 Å². The van der Waals surface area contributed by atoms with E-state index in [9.17, 15) is 9.59 Å². The van der Waals surface area contributed by atoms with Gasteiger partial charge in [0.2, 0.25) is 0 Å². The fourth-order valence-corrected chi connectivity index (χ4v) is 2.14. The summed E-state index contributed by atoms with van der Waals surface area (Å²) in [4.78, 5) is 23.0. The average molecular weight is 365 g/mol. The number of hydrogen-bond donors (Lipinski definition) is 1. The molecule has 0 aromatic heterocycles. The van der Waals surface area contributed by atoms with Gasteiger partial charge in [-0.15, -0.1) is 0 Å². The number of benzene rings is 1. The molecule has 1 N–H and O–H groups in total. The molecular weight excluding hydrogens is 350 g/mol. The third-order valence-corrected chi connectivity index (χ3v) is 3.13. The molecule has 0 radical (unpaired) electrons. The Morgan fingerprint density at radius 2 is 2.15 bits per heavy atom. The van der Waals surface area contributed by atoms with E-state index in [2.05, 4.69) is 21.2 Å². The van der Waals surface area contributed by atoms with Crippen molar-refractivity contribution in [3.05, 3.63) is 27.7 Å². The zero-order chi connectivity index (χ0) is 15.1. The Morgan fingerprint density at radius 1 is 1.45 bits per heavy atom. The minimum absolute atomic E-state index is 0.204. The zero-order valence-electron chi connectivity index (χ0n) is 11.1. The molecule has 0 aliphatic carbocycles. The summed E-state index contributed by atoms with van der Waals surface area (Å²) in [6.45, 7) is 3.32. The first kappa shape index (κ1) is 16.8. The summed E-state index contributed by atoms with van der Waals surface area (Å²) in [5.74, 6) is -0.394. The number of ether oxygens (including phenoxy) is 2. The van der Waals surface area contributed by atoms with Gasteiger partial charge in [-0.3, -0.25) is 4.79 Å².